The van der Waals surface area contributed by atoms with Crippen molar-refractivity contribution in [2.24, 2.45) is 0 Å². The summed E-state index contributed by atoms with van der Waals surface area (Å²) in [5.41, 5.74) is 0.328. The number of likely N-dealkylation sites (tertiary alicyclic amines) is 1. The zero-order chi connectivity index (χ0) is 30.7. The molecule has 0 radical (unpaired) electrons. The molecule has 5 rings (SSSR count). The first-order valence-corrected chi connectivity index (χ1v) is 16.9. The van der Waals surface area contributed by atoms with Gasteiger partial charge in [-0.1, -0.05) is 42.8 Å². The molecule has 3 saturated heterocycles. The first-order chi connectivity index (χ1) is 20.5. The van der Waals surface area contributed by atoms with E-state index in [9.17, 15) is 26.4 Å². The molecule has 1 atom stereocenters. The zero-order valence-corrected chi connectivity index (χ0v) is 25.8. The minimum absolute atomic E-state index is 0.0115. The lowest BCUT2D eigenvalue weighted by atomic mass is 9.80. The van der Waals surface area contributed by atoms with Crippen LogP contribution in [0.2, 0.25) is 0 Å². The van der Waals surface area contributed by atoms with Crippen LogP contribution in [0.4, 0.5) is 13.2 Å². The molecule has 1 unspecified atom stereocenters. The maximum atomic E-state index is 13.6. The number of carbonyl (C=O) groups excluding carboxylic acids is 1. The molecule has 0 bridgehead atoms. The lowest BCUT2D eigenvalue weighted by Crippen LogP contribution is -2.61. The number of alkyl halides is 3. The highest BCUT2D eigenvalue weighted by molar-refractivity contribution is 7.89. The van der Waals surface area contributed by atoms with E-state index in [2.05, 4.69) is 41.1 Å². The predicted molar refractivity (Wildman–Crippen MR) is 160 cm³/mol. The van der Waals surface area contributed by atoms with Gasteiger partial charge >= 0.3 is 6.18 Å². The monoisotopic (exact) mass is 620 g/mol. The van der Waals surface area contributed by atoms with Crippen molar-refractivity contribution >= 4 is 15.9 Å². The van der Waals surface area contributed by atoms with Gasteiger partial charge in [0, 0.05) is 63.8 Å². The largest absolute Gasteiger partial charge is 0.416 e. The summed E-state index contributed by atoms with van der Waals surface area (Å²) in [5.74, 6) is -0.0776. The quantitative estimate of drug-likeness (QED) is 0.421. The number of aryl methyl sites for hydroxylation is 1. The van der Waals surface area contributed by atoms with Crippen LogP contribution in [0.15, 0.2) is 59.5 Å². The standard InChI is InChI=1S/C32H43F3N4O3S/c1-36-20-22-38(23-21-36)31(14-13-26-8-3-2-4-9-26)15-18-37(19-16-31)30(40)25-28-11-5-6-17-39(28)43(41,42)29-12-7-10-27(24-29)32(33,34)35/h2-4,7-10,12,24,28H,5-6,11,13-23,25H2,1H3. The van der Waals surface area contributed by atoms with E-state index in [1.54, 1.807) is 0 Å². The Morgan fingerprint density at radius 1 is 0.907 bits per heavy atom. The highest BCUT2D eigenvalue weighted by Crippen LogP contribution is 2.36. The van der Waals surface area contributed by atoms with Crippen molar-refractivity contribution < 1.29 is 26.4 Å². The van der Waals surface area contributed by atoms with E-state index in [1.165, 1.54) is 15.9 Å². The molecule has 11 heteroatoms. The van der Waals surface area contributed by atoms with E-state index in [4.69, 9.17) is 0 Å². The van der Waals surface area contributed by atoms with Crippen LogP contribution in [0.3, 0.4) is 0 Å². The number of carbonyl (C=O) groups is 1. The number of benzene rings is 2. The Bertz CT molecular complexity index is 1340. The van der Waals surface area contributed by atoms with Gasteiger partial charge in [-0.3, -0.25) is 9.69 Å². The van der Waals surface area contributed by atoms with Gasteiger partial charge in [-0.15, -0.1) is 0 Å². The fraction of sp³-hybridized carbons (Fsp3) is 0.594. The van der Waals surface area contributed by atoms with Crippen molar-refractivity contribution in [3.63, 3.8) is 0 Å². The molecule has 3 aliphatic heterocycles. The van der Waals surface area contributed by atoms with Crippen molar-refractivity contribution in [3.05, 3.63) is 65.7 Å². The molecule has 43 heavy (non-hydrogen) atoms. The van der Waals surface area contributed by atoms with Gasteiger partial charge in [-0.05, 0) is 69.3 Å². The van der Waals surface area contributed by atoms with Gasteiger partial charge in [-0.2, -0.15) is 17.5 Å². The smallest absolute Gasteiger partial charge is 0.343 e. The first kappa shape index (κ1) is 31.9. The van der Waals surface area contributed by atoms with Crippen LogP contribution in [0, 0.1) is 0 Å². The Labute approximate surface area is 253 Å². The fourth-order valence-electron chi connectivity index (χ4n) is 6.99. The summed E-state index contributed by atoms with van der Waals surface area (Å²) in [6.07, 6.45) is 1.04. The van der Waals surface area contributed by atoms with Gasteiger partial charge in [0.15, 0.2) is 0 Å². The van der Waals surface area contributed by atoms with E-state index >= 15 is 0 Å². The number of hydrogen-bond donors (Lipinski definition) is 0. The number of amides is 1. The fourth-order valence-corrected chi connectivity index (χ4v) is 8.73. The van der Waals surface area contributed by atoms with Crippen molar-refractivity contribution in [1.29, 1.82) is 0 Å². The molecular formula is C32H43F3N4O3S. The Kier molecular flexibility index (Phi) is 9.85. The van der Waals surface area contributed by atoms with Gasteiger partial charge in [0.05, 0.1) is 10.5 Å². The predicted octanol–water partition coefficient (Wildman–Crippen LogP) is 4.88. The molecule has 2 aromatic rings. The molecule has 1 amide bonds. The summed E-state index contributed by atoms with van der Waals surface area (Å²) in [6.45, 7) is 5.48. The summed E-state index contributed by atoms with van der Waals surface area (Å²) < 4.78 is 68.3. The average Bonchev–Trinajstić information content (AvgIpc) is 3.01. The van der Waals surface area contributed by atoms with Crippen molar-refractivity contribution in [2.45, 2.75) is 74.0 Å². The lowest BCUT2D eigenvalue weighted by molar-refractivity contribution is -0.138. The molecule has 0 aromatic heterocycles. The highest BCUT2D eigenvalue weighted by atomic mass is 32.2. The number of halogens is 3. The van der Waals surface area contributed by atoms with E-state index in [1.807, 2.05) is 11.0 Å². The molecule has 0 aliphatic carbocycles. The summed E-state index contributed by atoms with van der Waals surface area (Å²) in [6, 6.07) is 13.8. The second-order valence-corrected chi connectivity index (χ2v) is 14.3. The SMILES string of the molecule is CN1CCN(C2(CCc3ccccc3)CCN(C(=O)CC3CCCCN3S(=O)(=O)c3cccc(C(F)(F)F)c3)CC2)CC1. The van der Waals surface area contributed by atoms with Crippen LogP contribution in [-0.2, 0) is 27.4 Å². The molecule has 2 aromatic carbocycles. The molecule has 236 valence electrons. The second-order valence-electron chi connectivity index (χ2n) is 12.4. The number of hydrogen-bond acceptors (Lipinski definition) is 5. The number of rotatable bonds is 8. The third-order valence-corrected chi connectivity index (χ3v) is 11.6. The zero-order valence-electron chi connectivity index (χ0n) is 24.9. The first-order valence-electron chi connectivity index (χ1n) is 15.4. The number of likely N-dealkylation sites (N-methyl/N-ethyl adjacent to an activating group) is 1. The Balaban J connectivity index is 1.26. The third-order valence-electron chi connectivity index (χ3n) is 9.69. The number of piperazine rings is 1. The van der Waals surface area contributed by atoms with Crippen LogP contribution in [-0.4, -0.2) is 97.8 Å². The van der Waals surface area contributed by atoms with Crippen LogP contribution in [0.25, 0.3) is 0 Å². The topological polar surface area (TPSA) is 64.2 Å². The van der Waals surface area contributed by atoms with Gasteiger partial charge in [0.1, 0.15) is 0 Å². The Hall–Kier alpha value is -2.47. The van der Waals surface area contributed by atoms with Crippen LogP contribution < -0.4 is 0 Å². The summed E-state index contributed by atoms with van der Waals surface area (Å²) in [5, 5.41) is 0. The number of nitrogens with zero attached hydrogens (tertiary/aromatic N) is 4. The van der Waals surface area contributed by atoms with Crippen molar-refractivity contribution in [2.75, 3.05) is 52.9 Å². The molecular weight excluding hydrogens is 577 g/mol. The minimum Gasteiger partial charge on any atom is -0.343 e. The molecule has 0 N–H and O–H groups in total. The molecule has 0 spiro atoms. The van der Waals surface area contributed by atoms with Crippen LogP contribution in [0.5, 0.6) is 0 Å². The summed E-state index contributed by atoms with van der Waals surface area (Å²) in [7, 11) is -2.04. The minimum atomic E-state index is -4.64. The highest BCUT2D eigenvalue weighted by Gasteiger charge is 2.42. The maximum absolute atomic E-state index is 13.6. The van der Waals surface area contributed by atoms with Crippen molar-refractivity contribution in [1.82, 2.24) is 19.0 Å². The van der Waals surface area contributed by atoms with E-state index < -0.39 is 27.8 Å². The maximum Gasteiger partial charge on any atom is 0.416 e. The number of piperidine rings is 2. The van der Waals surface area contributed by atoms with Gasteiger partial charge in [0.25, 0.3) is 0 Å². The molecule has 7 nitrogen and oxygen atoms in total. The molecule has 0 saturated carbocycles. The Morgan fingerprint density at radius 2 is 1.60 bits per heavy atom. The normalized spacial score (nSPS) is 22.9. The van der Waals surface area contributed by atoms with Gasteiger partial charge in [0.2, 0.25) is 15.9 Å². The van der Waals surface area contributed by atoms with Crippen molar-refractivity contribution in [3.8, 4) is 0 Å². The summed E-state index contributed by atoms with van der Waals surface area (Å²) in [4.78, 5) is 20.1. The van der Waals surface area contributed by atoms with E-state index in [0.29, 0.717) is 32.0 Å². The van der Waals surface area contributed by atoms with Gasteiger partial charge in [-0.25, -0.2) is 8.42 Å². The lowest BCUT2D eigenvalue weighted by Gasteiger charge is -2.51. The second kappa shape index (κ2) is 13.3. The summed E-state index contributed by atoms with van der Waals surface area (Å²) >= 11 is 0. The average molecular weight is 621 g/mol. The molecule has 3 heterocycles. The van der Waals surface area contributed by atoms with Gasteiger partial charge < -0.3 is 9.80 Å². The Morgan fingerprint density at radius 3 is 2.28 bits per heavy atom. The van der Waals surface area contributed by atoms with E-state index in [0.717, 1.165) is 70.4 Å². The van der Waals surface area contributed by atoms with E-state index in [-0.39, 0.29) is 29.3 Å². The number of sulfonamides is 1. The third kappa shape index (κ3) is 7.44. The molecule has 3 aliphatic rings. The van der Waals surface area contributed by atoms with Crippen LogP contribution in [0.1, 0.15) is 56.1 Å². The molecule has 3 fully saturated rings. The van der Waals surface area contributed by atoms with Crippen LogP contribution >= 0.6 is 0 Å².